The highest BCUT2D eigenvalue weighted by atomic mass is 32.2. The summed E-state index contributed by atoms with van der Waals surface area (Å²) in [6.07, 6.45) is 3.45. The second-order valence-electron chi connectivity index (χ2n) is 7.79. The molecule has 0 bridgehead atoms. The molecule has 174 valence electrons. The summed E-state index contributed by atoms with van der Waals surface area (Å²) in [5, 5.41) is 9.52. The molecule has 0 aliphatic carbocycles. The molecule has 0 radical (unpaired) electrons. The van der Waals surface area contributed by atoms with Crippen molar-refractivity contribution in [3.63, 3.8) is 0 Å². The minimum Gasteiger partial charge on any atom is -0.494 e. The van der Waals surface area contributed by atoms with Crippen molar-refractivity contribution >= 4 is 23.4 Å². The smallest absolute Gasteiger partial charge is 0.237 e. The molecular formula is C26H27N5O2S. The fourth-order valence-electron chi connectivity index (χ4n) is 3.66. The Morgan fingerprint density at radius 2 is 1.71 bits per heavy atom. The summed E-state index contributed by atoms with van der Waals surface area (Å²) in [7, 11) is 0. The van der Waals surface area contributed by atoms with Gasteiger partial charge in [0.15, 0.2) is 11.0 Å². The predicted octanol–water partition coefficient (Wildman–Crippen LogP) is 5.26. The zero-order valence-corrected chi connectivity index (χ0v) is 20.3. The second-order valence-corrected chi connectivity index (χ2v) is 8.73. The van der Waals surface area contributed by atoms with Crippen molar-refractivity contribution in [3.05, 3.63) is 79.1 Å². The van der Waals surface area contributed by atoms with Gasteiger partial charge in [-0.25, -0.2) is 0 Å². The molecule has 8 heteroatoms. The van der Waals surface area contributed by atoms with Crippen LogP contribution in [0.4, 0.5) is 5.69 Å². The van der Waals surface area contributed by atoms with E-state index in [1.807, 2.05) is 97.0 Å². The lowest BCUT2D eigenvalue weighted by atomic mass is 10.2. The Morgan fingerprint density at radius 1 is 1.00 bits per heavy atom. The lowest BCUT2D eigenvalue weighted by Gasteiger charge is -2.26. The van der Waals surface area contributed by atoms with E-state index in [1.54, 1.807) is 12.4 Å². The quantitative estimate of drug-likeness (QED) is 0.309. The van der Waals surface area contributed by atoms with Gasteiger partial charge >= 0.3 is 0 Å². The first-order valence-electron chi connectivity index (χ1n) is 11.2. The topological polar surface area (TPSA) is 73.1 Å². The lowest BCUT2D eigenvalue weighted by Crippen LogP contribution is -2.38. The van der Waals surface area contributed by atoms with E-state index in [4.69, 9.17) is 4.74 Å². The maximum atomic E-state index is 13.2. The van der Waals surface area contributed by atoms with Crippen LogP contribution in [0.5, 0.6) is 5.75 Å². The fraction of sp³-hybridized carbons (Fsp3) is 0.231. The molecule has 0 aliphatic rings. The fourth-order valence-corrected chi connectivity index (χ4v) is 4.47. The van der Waals surface area contributed by atoms with E-state index in [0.29, 0.717) is 17.6 Å². The van der Waals surface area contributed by atoms with E-state index in [0.717, 1.165) is 22.7 Å². The first kappa shape index (κ1) is 23.5. The maximum Gasteiger partial charge on any atom is 0.237 e. The highest BCUT2D eigenvalue weighted by molar-refractivity contribution is 7.99. The molecule has 0 spiro atoms. The van der Waals surface area contributed by atoms with E-state index < -0.39 is 0 Å². The molecule has 0 saturated carbocycles. The summed E-state index contributed by atoms with van der Waals surface area (Å²) < 4.78 is 7.55. The number of aromatic nitrogens is 4. The Morgan fingerprint density at radius 3 is 2.35 bits per heavy atom. The maximum absolute atomic E-state index is 13.2. The van der Waals surface area contributed by atoms with Gasteiger partial charge in [-0.2, -0.15) is 0 Å². The van der Waals surface area contributed by atoms with Crippen LogP contribution in [0, 0.1) is 0 Å². The molecule has 4 aromatic rings. The third-order valence-electron chi connectivity index (χ3n) is 5.12. The molecule has 0 aliphatic heterocycles. The first-order chi connectivity index (χ1) is 16.6. The highest BCUT2D eigenvalue weighted by Crippen LogP contribution is 2.29. The Bertz CT molecular complexity index is 1210. The number of hydrogen-bond acceptors (Lipinski definition) is 6. The van der Waals surface area contributed by atoms with Crippen LogP contribution in [0.3, 0.4) is 0 Å². The Labute approximate surface area is 203 Å². The van der Waals surface area contributed by atoms with Crippen molar-refractivity contribution < 1.29 is 9.53 Å². The van der Waals surface area contributed by atoms with Gasteiger partial charge in [0.1, 0.15) is 5.75 Å². The van der Waals surface area contributed by atoms with E-state index >= 15 is 0 Å². The average Bonchev–Trinajstić information content (AvgIpc) is 3.28. The summed E-state index contributed by atoms with van der Waals surface area (Å²) in [4.78, 5) is 19.1. The monoisotopic (exact) mass is 473 g/mol. The molecule has 34 heavy (non-hydrogen) atoms. The Kier molecular flexibility index (Phi) is 7.59. The number of nitrogens with zero attached hydrogens (tertiary/aromatic N) is 5. The molecular weight excluding hydrogens is 446 g/mol. The Balaban J connectivity index is 1.64. The zero-order chi connectivity index (χ0) is 23.9. The van der Waals surface area contributed by atoms with Crippen LogP contribution in [0.1, 0.15) is 20.8 Å². The van der Waals surface area contributed by atoms with E-state index in [2.05, 4.69) is 15.2 Å². The van der Waals surface area contributed by atoms with Crippen LogP contribution in [0.25, 0.3) is 17.1 Å². The number of rotatable bonds is 9. The number of benzene rings is 2. The average molecular weight is 474 g/mol. The third-order valence-corrected chi connectivity index (χ3v) is 6.04. The molecule has 0 N–H and O–H groups in total. The molecule has 2 heterocycles. The normalized spacial score (nSPS) is 10.9. The number of pyridine rings is 1. The van der Waals surface area contributed by atoms with Crippen LogP contribution in [0.2, 0.25) is 0 Å². The summed E-state index contributed by atoms with van der Waals surface area (Å²) in [6, 6.07) is 21.3. The number of anilines is 1. The van der Waals surface area contributed by atoms with Crippen molar-refractivity contribution in [2.24, 2.45) is 0 Å². The van der Waals surface area contributed by atoms with Crippen LogP contribution >= 0.6 is 11.8 Å². The lowest BCUT2D eigenvalue weighted by molar-refractivity contribution is -0.116. The van der Waals surface area contributed by atoms with Gasteiger partial charge in [-0.1, -0.05) is 30.0 Å². The zero-order valence-electron chi connectivity index (χ0n) is 19.5. The molecule has 0 fully saturated rings. The number of carbonyl (C=O) groups is 1. The largest absolute Gasteiger partial charge is 0.494 e. The van der Waals surface area contributed by atoms with Crippen LogP contribution in [0.15, 0.2) is 84.3 Å². The van der Waals surface area contributed by atoms with Crippen molar-refractivity contribution in [3.8, 4) is 22.8 Å². The number of thioether (sulfide) groups is 1. The van der Waals surface area contributed by atoms with Gasteiger partial charge in [0.05, 0.1) is 12.4 Å². The van der Waals surface area contributed by atoms with Gasteiger partial charge in [0.2, 0.25) is 5.91 Å². The summed E-state index contributed by atoms with van der Waals surface area (Å²) >= 11 is 1.37. The van der Waals surface area contributed by atoms with Gasteiger partial charge in [0.25, 0.3) is 0 Å². The van der Waals surface area contributed by atoms with E-state index in [1.165, 1.54) is 11.8 Å². The molecule has 0 unspecified atom stereocenters. The third kappa shape index (κ3) is 5.28. The molecule has 0 atom stereocenters. The number of carbonyl (C=O) groups excluding carboxylic acids is 1. The van der Waals surface area contributed by atoms with Crippen LogP contribution in [-0.2, 0) is 4.79 Å². The number of amides is 1. The molecule has 1 amide bonds. The first-order valence-corrected chi connectivity index (χ1v) is 12.2. The van der Waals surface area contributed by atoms with Crippen molar-refractivity contribution in [1.29, 1.82) is 0 Å². The van der Waals surface area contributed by atoms with E-state index in [9.17, 15) is 4.79 Å². The minimum absolute atomic E-state index is 0.0119. The molecule has 2 aromatic carbocycles. The molecule has 0 saturated heterocycles. The molecule has 7 nitrogen and oxygen atoms in total. The standard InChI is InChI=1S/C26H27N5O2S/c1-4-33-23-12-10-22(11-13-23)31-25(20-14-16-27-17-15-20)28-29-26(31)34-18-24(32)30(19(2)3)21-8-6-5-7-9-21/h5-17,19H,4,18H2,1-3H3. The van der Waals surface area contributed by atoms with Gasteiger partial charge in [-0.3, -0.25) is 14.3 Å². The van der Waals surface area contributed by atoms with Crippen molar-refractivity contribution in [2.75, 3.05) is 17.3 Å². The SMILES string of the molecule is CCOc1ccc(-n2c(SCC(=O)N(c3ccccc3)C(C)C)nnc2-c2ccncc2)cc1. The summed E-state index contributed by atoms with van der Waals surface area (Å²) in [5.41, 5.74) is 2.66. The number of ether oxygens (including phenoxy) is 1. The number of para-hydroxylation sites is 1. The molecule has 2 aromatic heterocycles. The van der Waals surface area contributed by atoms with Gasteiger partial charge in [0, 0.05) is 35.4 Å². The van der Waals surface area contributed by atoms with Gasteiger partial charge < -0.3 is 9.64 Å². The summed E-state index contributed by atoms with van der Waals surface area (Å²) in [6.45, 7) is 6.58. The minimum atomic E-state index is 0.0119. The summed E-state index contributed by atoms with van der Waals surface area (Å²) in [5.74, 6) is 1.73. The van der Waals surface area contributed by atoms with E-state index in [-0.39, 0.29) is 17.7 Å². The van der Waals surface area contributed by atoms with Crippen molar-refractivity contribution in [2.45, 2.75) is 32.0 Å². The second kappa shape index (κ2) is 11.0. The van der Waals surface area contributed by atoms with Crippen LogP contribution in [-0.4, -0.2) is 44.1 Å². The highest BCUT2D eigenvalue weighted by Gasteiger charge is 2.22. The van der Waals surface area contributed by atoms with Crippen molar-refractivity contribution in [1.82, 2.24) is 19.7 Å². The van der Waals surface area contributed by atoms with Gasteiger partial charge in [-0.05, 0) is 69.3 Å². The Hall–Kier alpha value is -3.65. The predicted molar refractivity (Wildman–Crippen MR) is 136 cm³/mol. The molecule has 4 rings (SSSR count). The van der Waals surface area contributed by atoms with Crippen LogP contribution < -0.4 is 9.64 Å². The van der Waals surface area contributed by atoms with Gasteiger partial charge in [-0.15, -0.1) is 10.2 Å². The number of hydrogen-bond donors (Lipinski definition) is 0.